The van der Waals surface area contributed by atoms with Crippen LogP contribution in [0.4, 0.5) is 5.69 Å². The number of rotatable bonds is 4. The zero-order chi connectivity index (χ0) is 11.4. The molecule has 0 atom stereocenters. The van der Waals surface area contributed by atoms with Crippen molar-refractivity contribution in [2.24, 2.45) is 0 Å². The summed E-state index contributed by atoms with van der Waals surface area (Å²) in [6, 6.07) is 7.68. The van der Waals surface area contributed by atoms with E-state index in [0.29, 0.717) is 12.3 Å². The van der Waals surface area contributed by atoms with E-state index in [0.717, 1.165) is 17.9 Å². The second-order valence-electron chi connectivity index (χ2n) is 3.60. The van der Waals surface area contributed by atoms with Gasteiger partial charge in [-0.1, -0.05) is 12.1 Å². The lowest BCUT2D eigenvalue weighted by atomic mass is 10.2. The number of benzene rings is 1. The second-order valence-corrected chi connectivity index (χ2v) is 3.60. The molecule has 0 amide bonds. The highest BCUT2D eigenvalue weighted by Crippen LogP contribution is 2.24. The highest BCUT2D eigenvalue weighted by atomic mass is 16.5. The predicted octanol–water partition coefficient (Wildman–Crippen LogP) is 1.85. The lowest BCUT2D eigenvalue weighted by molar-refractivity contribution is 0.292. The molecular weight excluding hydrogens is 202 g/mol. The van der Waals surface area contributed by atoms with Gasteiger partial charge >= 0.3 is 0 Å². The molecule has 0 spiro atoms. The summed E-state index contributed by atoms with van der Waals surface area (Å²) in [6.07, 6.45) is 3.66. The minimum atomic E-state index is 0.565. The average molecular weight is 217 g/mol. The Kier molecular flexibility index (Phi) is 3.10. The van der Waals surface area contributed by atoms with Gasteiger partial charge in [0.05, 0.1) is 12.2 Å². The fourth-order valence-electron chi connectivity index (χ4n) is 1.46. The van der Waals surface area contributed by atoms with Crippen molar-refractivity contribution in [3.8, 4) is 5.75 Å². The zero-order valence-electron chi connectivity index (χ0n) is 9.26. The first-order valence-electron chi connectivity index (χ1n) is 5.22. The number of anilines is 1. The van der Waals surface area contributed by atoms with Gasteiger partial charge in [-0.25, -0.2) is 0 Å². The summed E-state index contributed by atoms with van der Waals surface area (Å²) in [7, 11) is 0. The third-order valence-electron chi connectivity index (χ3n) is 2.42. The number of nitrogen functional groups attached to an aromatic ring is 1. The average Bonchev–Trinajstić information content (AvgIpc) is 2.77. The molecule has 0 unspecified atom stereocenters. The van der Waals surface area contributed by atoms with E-state index in [4.69, 9.17) is 10.5 Å². The Morgan fingerprint density at radius 3 is 3.00 bits per heavy atom. The maximum atomic E-state index is 5.89. The van der Waals surface area contributed by atoms with Crippen molar-refractivity contribution in [2.75, 3.05) is 12.3 Å². The Morgan fingerprint density at radius 1 is 1.38 bits per heavy atom. The van der Waals surface area contributed by atoms with Crippen molar-refractivity contribution in [1.29, 1.82) is 0 Å². The number of aromatic nitrogens is 2. The Morgan fingerprint density at radius 2 is 2.25 bits per heavy atom. The van der Waals surface area contributed by atoms with Gasteiger partial charge in [0.1, 0.15) is 12.4 Å². The summed E-state index contributed by atoms with van der Waals surface area (Å²) in [6.45, 7) is 3.26. The summed E-state index contributed by atoms with van der Waals surface area (Å²) in [5, 5.41) is 4.09. The number of aryl methyl sites for hydroxylation is 1. The lowest BCUT2D eigenvalue weighted by Gasteiger charge is -2.10. The molecule has 1 heterocycles. The molecular formula is C12H15N3O. The Hall–Kier alpha value is -1.97. The van der Waals surface area contributed by atoms with Crippen LogP contribution in [-0.4, -0.2) is 16.4 Å². The van der Waals surface area contributed by atoms with Gasteiger partial charge in [-0.2, -0.15) is 5.10 Å². The number of hydrogen-bond acceptors (Lipinski definition) is 3. The largest absolute Gasteiger partial charge is 0.489 e. The monoisotopic (exact) mass is 217 g/mol. The van der Waals surface area contributed by atoms with Crippen molar-refractivity contribution in [1.82, 2.24) is 9.78 Å². The van der Waals surface area contributed by atoms with Crippen molar-refractivity contribution in [3.63, 3.8) is 0 Å². The molecule has 0 aliphatic rings. The molecule has 2 N–H and O–H groups in total. The number of hydrogen-bond donors (Lipinski definition) is 1. The fourth-order valence-corrected chi connectivity index (χ4v) is 1.46. The van der Waals surface area contributed by atoms with E-state index in [-0.39, 0.29) is 0 Å². The number of nitrogens with zero attached hydrogens (tertiary/aromatic N) is 2. The van der Waals surface area contributed by atoms with Crippen LogP contribution in [0.2, 0.25) is 0 Å². The summed E-state index contributed by atoms with van der Waals surface area (Å²) >= 11 is 0. The van der Waals surface area contributed by atoms with Gasteiger partial charge in [-0.05, 0) is 24.6 Å². The molecule has 0 aliphatic carbocycles. The summed E-state index contributed by atoms with van der Waals surface area (Å²) in [5.41, 5.74) is 7.64. The molecule has 2 aromatic rings. The molecule has 0 saturated carbocycles. The molecule has 0 bridgehead atoms. The molecule has 84 valence electrons. The quantitative estimate of drug-likeness (QED) is 0.795. The van der Waals surface area contributed by atoms with E-state index in [1.807, 2.05) is 42.1 Å². The molecule has 0 aliphatic heterocycles. The van der Waals surface area contributed by atoms with E-state index in [2.05, 4.69) is 5.10 Å². The zero-order valence-corrected chi connectivity index (χ0v) is 9.26. The Bertz CT molecular complexity index is 451. The molecule has 2 rings (SSSR count). The maximum absolute atomic E-state index is 5.89. The van der Waals surface area contributed by atoms with Crippen LogP contribution in [0.5, 0.6) is 5.75 Å². The Labute approximate surface area is 94.6 Å². The van der Waals surface area contributed by atoms with Crippen LogP contribution < -0.4 is 10.5 Å². The molecule has 4 heteroatoms. The minimum absolute atomic E-state index is 0.565. The molecule has 4 nitrogen and oxygen atoms in total. The second kappa shape index (κ2) is 4.70. The first-order valence-corrected chi connectivity index (χ1v) is 5.22. The van der Waals surface area contributed by atoms with E-state index in [9.17, 15) is 0 Å². The standard InChI is InChI=1S/C12H15N3O/c1-10-4-2-5-11(12(10)13)16-9-8-15-7-3-6-14-15/h2-7H,8-9,13H2,1H3. The number of ether oxygens (including phenoxy) is 1. The summed E-state index contributed by atoms with van der Waals surface area (Å²) in [4.78, 5) is 0. The third-order valence-corrected chi connectivity index (χ3v) is 2.42. The first kappa shape index (κ1) is 10.5. The number of nitrogens with two attached hydrogens (primary N) is 1. The van der Waals surface area contributed by atoms with E-state index < -0.39 is 0 Å². The van der Waals surface area contributed by atoms with E-state index in [1.165, 1.54) is 0 Å². The van der Waals surface area contributed by atoms with Gasteiger partial charge in [0, 0.05) is 12.4 Å². The highest BCUT2D eigenvalue weighted by molar-refractivity contribution is 5.57. The van der Waals surface area contributed by atoms with Gasteiger partial charge in [0.25, 0.3) is 0 Å². The third kappa shape index (κ3) is 2.34. The fraction of sp³-hybridized carbons (Fsp3) is 0.250. The van der Waals surface area contributed by atoms with E-state index in [1.54, 1.807) is 6.20 Å². The lowest BCUT2D eigenvalue weighted by Crippen LogP contribution is -2.09. The predicted molar refractivity (Wildman–Crippen MR) is 63.3 cm³/mol. The minimum Gasteiger partial charge on any atom is -0.489 e. The van der Waals surface area contributed by atoms with Crippen LogP contribution in [0.25, 0.3) is 0 Å². The summed E-state index contributed by atoms with van der Waals surface area (Å²) in [5.74, 6) is 0.743. The van der Waals surface area contributed by atoms with E-state index >= 15 is 0 Å². The topological polar surface area (TPSA) is 53.1 Å². The number of para-hydroxylation sites is 1. The first-order chi connectivity index (χ1) is 7.77. The van der Waals surface area contributed by atoms with Crippen molar-refractivity contribution >= 4 is 5.69 Å². The molecule has 1 aromatic heterocycles. The molecule has 16 heavy (non-hydrogen) atoms. The normalized spacial score (nSPS) is 10.3. The SMILES string of the molecule is Cc1cccc(OCCn2cccn2)c1N. The van der Waals surface area contributed by atoms with Gasteiger partial charge < -0.3 is 10.5 Å². The van der Waals surface area contributed by atoms with Crippen LogP contribution >= 0.6 is 0 Å². The van der Waals surface area contributed by atoms with Crippen molar-refractivity contribution in [3.05, 3.63) is 42.2 Å². The molecule has 0 fully saturated rings. The molecule has 0 radical (unpaired) electrons. The van der Waals surface area contributed by atoms with Gasteiger partial charge in [-0.3, -0.25) is 4.68 Å². The van der Waals surface area contributed by atoms with Crippen molar-refractivity contribution < 1.29 is 4.74 Å². The van der Waals surface area contributed by atoms with Gasteiger partial charge in [-0.15, -0.1) is 0 Å². The van der Waals surface area contributed by atoms with Crippen LogP contribution in [0.15, 0.2) is 36.7 Å². The smallest absolute Gasteiger partial charge is 0.142 e. The van der Waals surface area contributed by atoms with Crippen molar-refractivity contribution in [2.45, 2.75) is 13.5 Å². The van der Waals surface area contributed by atoms with Crippen LogP contribution in [0.3, 0.4) is 0 Å². The Balaban J connectivity index is 1.92. The van der Waals surface area contributed by atoms with Crippen LogP contribution in [0, 0.1) is 6.92 Å². The van der Waals surface area contributed by atoms with Gasteiger partial charge in [0.2, 0.25) is 0 Å². The summed E-state index contributed by atoms with van der Waals surface area (Å²) < 4.78 is 7.43. The molecule has 0 saturated heterocycles. The highest BCUT2D eigenvalue weighted by Gasteiger charge is 2.02. The molecule has 1 aromatic carbocycles. The van der Waals surface area contributed by atoms with Crippen LogP contribution in [-0.2, 0) is 6.54 Å². The maximum Gasteiger partial charge on any atom is 0.142 e. The van der Waals surface area contributed by atoms with Crippen LogP contribution in [0.1, 0.15) is 5.56 Å². The van der Waals surface area contributed by atoms with Gasteiger partial charge in [0.15, 0.2) is 0 Å².